The number of alkyl halides is 3. The largest absolute Gasteiger partial charge is 0.339 e. The van der Waals surface area contributed by atoms with E-state index in [1.54, 1.807) is 38.4 Å². The van der Waals surface area contributed by atoms with E-state index in [4.69, 9.17) is 47.0 Å². The smallest absolute Gasteiger partial charge is 0.318 e. The van der Waals surface area contributed by atoms with E-state index < -0.39 is 16.0 Å². The highest BCUT2D eigenvalue weighted by Gasteiger charge is 2.35. The number of Topliss-reactive ketones (excluding diaryl/α,β-unsaturated/α-hetero) is 1. The van der Waals surface area contributed by atoms with Gasteiger partial charge in [0.05, 0.1) is 0 Å². The van der Waals surface area contributed by atoms with Crippen molar-refractivity contribution in [2.75, 3.05) is 19.4 Å². The molecule has 0 saturated carbocycles. The molecule has 0 radical (unpaired) electrons. The maximum Gasteiger partial charge on any atom is 0.318 e. The number of carbonyl (C=O) groups excluding carboxylic acids is 2. The monoisotopic (exact) mass is 410 g/mol. The highest BCUT2D eigenvalue weighted by atomic mass is 35.6. The molecule has 0 aromatic heterocycles. The summed E-state index contributed by atoms with van der Waals surface area (Å²) in [6.45, 7) is 1.48. The van der Waals surface area contributed by atoms with Crippen LogP contribution in [0.25, 0.3) is 0 Å². The molecule has 0 aliphatic heterocycles. The summed E-state index contributed by atoms with van der Waals surface area (Å²) in [7, 11) is 3.11. The Kier molecular flexibility index (Phi) is 7.54. The third kappa shape index (κ3) is 6.68. The minimum absolute atomic E-state index is 0.0371. The van der Waals surface area contributed by atoms with Crippen molar-refractivity contribution in [1.29, 1.82) is 0 Å². The second-order valence-electron chi connectivity index (χ2n) is 5.05. The fourth-order valence-corrected chi connectivity index (χ4v) is 2.10. The number of anilines is 1. The average molecular weight is 412 g/mol. The summed E-state index contributed by atoms with van der Waals surface area (Å²) in [5, 5.41) is 8.25. The van der Waals surface area contributed by atoms with Crippen molar-refractivity contribution in [2.45, 2.75) is 16.9 Å². The molecular formula is C14H17Cl3N4O2S. The predicted octanol–water partition coefficient (Wildman–Crippen LogP) is 3.14. The summed E-state index contributed by atoms with van der Waals surface area (Å²) in [5.74, 6) is -0.0371. The summed E-state index contributed by atoms with van der Waals surface area (Å²) in [5.41, 5.74) is 1.22. The Balaban J connectivity index is 2.74. The number of amides is 2. The van der Waals surface area contributed by atoms with Crippen LogP contribution in [0.5, 0.6) is 0 Å². The molecule has 1 aromatic rings. The maximum atomic E-state index is 11.7. The van der Waals surface area contributed by atoms with Crippen LogP contribution in [-0.2, 0) is 0 Å². The Bertz CT molecular complexity index is 617. The molecule has 24 heavy (non-hydrogen) atoms. The number of rotatable bonds is 4. The zero-order valence-corrected chi connectivity index (χ0v) is 16.3. The van der Waals surface area contributed by atoms with Gasteiger partial charge in [0.1, 0.15) is 0 Å². The van der Waals surface area contributed by atoms with Crippen LogP contribution in [0.2, 0.25) is 0 Å². The Morgan fingerprint density at radius 2 is 1.67 bits per heavy atom. The molecule has 0 heterocycles. The van der Waals surface area contributed by atoms with Crippen LogP contribution in [0.4, 0.5) is 10.5 Å². The van der Waals surface area contributed by atoms with Gasteiger partial charge in [-0.05, 0) is 43.4 Å². The van der Waals surface area contributed by atoms with Gasteiger partial charge in [-0.15, -0.1) is 0 Å². The number of carbonyl (C=O) groups is 2. The van der Waals surface area contributed by atoms with Crippen molar-refractivity contribution < 1.29 is 9.59 Å². The van der Waals surface area contributed by atoms with Gasteiger partial charge in [0, 0.05) is 25.3 Å². The van der Waals surface area contributed by atoms with Gasteiger partial charge in [-0.3, -0.25) is 4.79 Å². The molecule has 0 spiro atoms. The van der Waals surface area contributed by atoms with E-state index in [9.17, 15) is 9.59 Å². The first kappa shape index (κ1) is 20.8. The van der Waals surface area contributed by atoms with E-state index in [1.165, 1.54) is 11.8 Å². The Morgan fingerprint density at radius 1 is 1.12 bits per heavy atom. The fraction of sp³-hybridized carbons (Fsp3) is 0.357. The van der Waals surface area contributed by atoms with Gasteiger partial charge < -0.3 is 20.9 Å². The Morgan fingerprint density at radius 3 is 2.08 bits per heavy atom. The molecular weight excluding hydrogens is 395 g/mol. The summed E-state index contributed by atoms with van der Waals surface area (Å²) in [4.78, 5) is 24.3. The highest BCUT2D eigenvalue weighted by Crippen LogP contribution is 2.29. The van der Waals surface area contributed by atoms with E-state index in [1.807, 2.05) is 0 Å². The second kappa shape index (κ2) is 8.71. The SMILES string of the molecule is CC(=O)c1ccc(NC(=S)N[C@H](NC(=O)N(C)C)C(Cl)(Cl)Cl)cc1. The van der Waals surface area contributed by atoms with Crippen molar-refractivity contribution in [2.24, 2.45) is 0 Å². The van der Waals surface area contributed by atoms with Crippen LogP contribution in [0, 0.1) is 0 Å². The standard InChI is InChI=1S/C14H17Cl3N4O2S/c1-8(22)9-4-6-10(7-5-9)18-12(24)19-11(14(15,16)17)20-13(23)21(2)3/h4-7,11H,1-3H3,(H,20,23)(H2,18,19,24)/t11-/m1/s1. The molecule has 10 heteroatoms. The number of ketones is 1. The number of nitrogens with one attached hydrogen (secondary N) is 3. The summed E-state index contributed by atoms with van der Waals surface area (Å²) < 4.78 is -1.82. The van der Waals surface area contributed by atoms with Gasteiger partial charge in [0.25, 0.3) is 0 Å². The van der Waals surface area contributed by atoms with E-state index in [0.29, 0.717) is 11.3 Å². The van der Waals surface area contributed by atoms with Crippen molar-refractivity contribution in [1.82, 2.24) is 15.5 Å². The topological polar surface area (TPSA) is 73.5 Å². The molecule has 1 atom stereocenters. The Hall–Kier alpha value is -1.28. The first-order valence-corrected chi connectivity index (χ1v) is 8.28. The van der Waals surface area contributed by atoms with Gasteiger partial charge in [-0.1, -0.05) is 34.8 Å². The van der Waals surface area contributed by atoms with E-state index in [-0.39, 0.29) is 10.9 Å². The quantitative estimate of drug-likeness (QED) is 0.307. The van der Waals surface area contributed by atoms with E-state index in [0.717, 1.165) is 0 Å². The average Bonchev–Trinajstić information content (AvgIpc) is 2.45. The fourth-order valence-electron chi connectivity index (χ4n) is 1.54. The number of thiocarbonyl (C=S) groups is 1. The van der Waals surface area contributed by atoms with Crippen LogP contribution in [-0.4, -0.2) is 45.9 Å². The summed E-state index contributed by atoms with van der Waals surface area (Å²) >= 11 is 22.7. The normalized spacial score (nSPS) is 12.1. The van der Waals surface area contributed by atoms with Crippen molar-refractivity contribution in [3.05, 3.63) is 29.8 Å². The molecule has 3 N–H and O–H groups in total. The minimum atomic E-state index is -1.82. The zero-order chi connectivity index (χ0) is 18.5. The molecule has 0 aliphatic carbocycles. The summed E-state index contributed by atoms with van der Waals surface area (Å²) in [6, 6.07) is 6.24. The predicted molar refractivity (Wildman–Crippen MR) is 102 cm³/mol. The van der Waals surface area contributed by atoms with Crippen molar-refractivity contribution >= 4 is 69.6 Å². The third-order valence-corrected chi connectivity index (χ3v) is 3.70. The number of halogens is 3. The number of hydrogen-bond acceptors (Lipinski definition) is 3. The highest BCUT2D eigenvalue weighted by molar-refractivity contribution is 7.80. The minimum Gasteiger partial charge on any atom is -0.339 e. The maximum absolute atomic E-state index is 11.7. The van der Waals surface area contributed by atoms with Crippen LogP contribution < -0.4 is 16.0 Å². The number of urea groups is 1. The van der Waals surface area contributed by atoms with Crippen LogP contribution in [0.3, 0.4) is 0 Å². The van der Waals surface area contributed by atoms with Crippen LogP contribution in [0.1, 0.15) is 17.3 Å². The number of nitrogens with zero attached hydrogens (tertiary/aromatic N) is 1. The number of benzene rings is 1. The van der Waals surface area contributed by atoms with Crippen LogP contribution in [0.15, 0.2) is 24.3 Å². The second-order valence-corrected chi connectivity index (χ2v) is 7.83. The molecule has 0 saturated heterocycles. The van der Waals surface area contributed by atoms with Gasteiger partial charge in [0.15, 0.2) is 17.1 Å². The van der Waals surface area contributed by atoms with Gasteiger partial charge in [0.2, 0.25) is 3.79 Å². The first-order valence-electron chi connectivity index (χ1n) is 6.73. The zero-order valence-electron chi connectivity index (χ0n) is 13.2. The molecule has 0 fully saturated rings. The molecule has 6 nitrogen and oxygen atoms in total. The van der Waals surface area contributed by atoms with Crippen LogP contribution >= 0.6 is 47.0 Å². The molecule has 132 valence electrons. The van der Waals surface area contributed by atoms with Crippen molar-refractivity contribution in [3.63, 3.8) is 0 Å². The molecule has 0 unspecified atom stereocenters. The molecule has 0 aliphatic rings. The van der Waals surface area contributed by atoms with Gasteiger partial charge >= 0.3 is 6.03 Å². The molecule has 2 amide bonds. The summed E-state index contributed by atoms with van der Waals surface area (Å²) in [6.07, 6.45) is -1.05. The lowest BCUT2D eigenvalue weighted by Crippen LogP contribution is -2.57. The van der Waals surface area contributed by atoms with Crippen molar-refractivity contribution in [3.8, 4) is 0 Å². The third-order valence-electron chi connectivity index (χ3n) is 2.83. The van der Waals surface area contributed by atoms with Gasteiger partial charge in [-0.25, -0.2) is 4.79 Å². The number of hydrogen-bond donors (Lipinski definition) is 3. The van der Waals surface area contributed by atoms with E-state index >= 15 is 0 Å². The lowest BCUT2D eigenvalue weighted by Gasteiger charge is -2.28. The molecule has 1 rings (SSSR count). The van der Waals surface area contributed by atoms with Gasteiger partial charge in [-0.2, -0.15) is 0 Å². The van der Waals surface area contributed by atoms with E-state index in [2.05, 4.69) is 16.0 Å². The Labute approximate surface area is 160 Å². The molecule has 0 bridgehead atoms. The molecule has 1 aromatic carbocycles. The lowest BCUT2D eigenvalue weighted by molar-refractivity contribution is 0.101. The lowest BCUT2D eigenvalue weighted by atomic mass is 10.1. The first-order chi connectivity index (χ1) is 11.0.